The van der Waals surface area contributed by atoms with Gasteiger partial charge in [0.2, 0.25) is 0 Å². The van der Waals surface area contributed by atoms with Gasteiger partial charge >= 0.3 is 0 Å². The van der Waals surface area contributed by atoms with E-state index in [-0.39, 0.29) is 5.41 Å². The molecule has 0 aromatic carbocycles. The number of hydrogen-bond acceptors (Lipinski definition) is 3. The van der Waals surface area contributed by atoms with Crippen LogP contribution >= 0.6 is 0 Å². The first-order chi connectivity index (χ1) is 8.92. The van der Waals surface area contributed by atoms with Gasteiger partial charge in [-0.3, -0.25) is 0 Å². The summed E-state index contributed by atoms with van der Waals surface area (Å²) in [6.07, 6.45) is 6.49. The van der Waals surface area contributed by atoms with Crippen LogP contribution in [0.1, 0.15) is 45.4 Å². The fourth-order valence-electron chi connectivity index (χ4n) is 1.89. The number of rotatable bonds is 5. The summed E-state index contributed by atoms with van der Waals surface area (Å²) in [5.41, 5.74) is 7.96. The van der Waals surface area contributed by atoms with Gasteiger partial charge < -0.3 is 10.6 Å². The van der Waals surface area contributed by atoms with Crippen molar-refractivity contribution in [2.24, 2.45) is 5.73 Å². The Kier molecular flexibility index (Phi) is 5.38. The molecule has 0 saturated heterocycles. The Hall–Kier alpha value is -1.53. The zero-order valence-electron chi connectivity index (χ0n) is 12.5. The molecule has 0 unspecified atom stereocenters. The van der Waals surface area contributed by atoms with E-state index >= 15 is 0 Å². The van der Waals surface area contributed by atoms with Gasteiger partial charge in [-0.25, -0.2) is 4.98 Å². The standard InChI is InChI=1S/C16H25N3/c1-6-8-19(9-7-2)15-11-13(12-17)10-14(18-15)16(3,4)5/h1,10-11H,7-9,12,17H2,2-5H3. The molecule has 1 aromatic heterocycles. The van der Waals surface area contributed by atoms with Crippen molar-refractivity contribution in [2.45, 2.75) is 46.1 Å². The Morgan fingerprint density at radius 2 is 2.05 bits per heavy atom. The lowest BCUT2D eigenvalue weighted by atomic mass is 9.90. The van der Waals surface area contributed by atoms with Crippen molar-refractivity contribution < 1.29 is 0 Å². The molecule has 0 amide bonds. The Bertz CT molecular complexity index is 452. The second kappa shape index (κ2) is 6.58. The largest absolute Gasteiger partial charge is 0.345 e. The van der Waals surface area contributed by atoms with Crippen molar-refractivity contribution in [3.8, 4) is 12.3 Å². The maximum absolute atomic E-state index is 5.79. The minimum atomic E-state index is 0.00789. The number of nitrogens with zero attached hydrogens (tertiary/aromatic N) is 2. The highest BCUT2D eigenvalue weighted by atomic mass is 15.2. The number of nitrogens with two attached hydrogens (primary N) is 1. The first-order valence-electron chi connectivity index (χ1n) is 6.82. The smallest absolute Gasteiger partial charge is 0.129 e. The van der Waals surface area contributed by atoms with Crippen molar-refractivity contribution in [2.75, 3.05) is 18.0 Å². The lowest BCUT2D eigenvalue weighted by molar-refractivity contribution is 0.566. The quantitative estimate of drug-likeness (QED) is 0.827. The molecule has 2 N–H and O–H groups in total. The van der Waals surface area contributed by atoms with Gasteiger partial charge in [0.05, 0.1) is 6.54 Å². The van der Waals surface area contributed by atoms with Gasteiger partial charge in [-0.1, -0.05) is 33.6 Å². The molecule has 0 fully saturated rings. The van der Waals surface area contributed by atoms with Crippen LogP contribution in [0.4, 0.5) is 5.82 Å². The molecule has 0 aliphatic rings. The zero-order valence-corrected chi connectivity index (χ0v) is 12.5. The first kappa shape index (κ1) is 15.5. The van der Waals surface area contributed by atoms with E-state index in [1.165, 1.54) is 0 Å². The molecule has 3 nitrogen and oxygen atoms in total. The summed E-state index contributed by atoms with van der Waals surface area (Å²) < 4.78 is 0. The fourth-order valence-corrected chi connectivity index (χ4v) is 1.89. The van der Waals surface area contributed by atoms with Crippen molar-refractivity contribution in [1.29, 1.82) is 0 Å². The maximum atomic E-state index is 5.79. The van der Waals surface area contributed by atoms with Crippen LogP contribution < -0.4 is 10.6 Å². The Morgan fingerprint density at radius 3 is 2.53 bits per heavy atom. The van der Waals surface area contributed by atoms with Crippen LogP contribution in [0.25, 0.3) is 0 Å². The number of anilines is 1. The first-order valence-corrected chi connectivity index (χ1v) is 6.82. The average Bonchev–Trinajstić information content (AvgIpc) is 2.37. The maximum Gasteiger partial charge on any atom is 0.129 e. The molecule has 1 rings (SSSR count). The summed E-state index contributed by atoms with van der Waals surface area (Å²) in [6.45, 7) is 10.6. The minimum Gasteiger partial charge on any atom is -0.345 e. The second-order valence-corrected chi connectivity index (χ2v) is 5.80. The van der Waals surface area contributed by atoms with Crippen LogP contribution in [0.15, 0.2) is 12.1 Å². The van der Waals surface area contributed by atoms with Gasteiger partial charge in [0.15, 0.2) is 0 Å². The third-order valence-electron chi connectivity index (χ3n) is 2.98. The highest BCUT2D eigenvalue weighted by molar-refractivity contribution is 5.45. The van der Waals surface area contributed by atoms with E-state index in [4.69, 9.17) is 17.1 Å². The van der Waals surface area contributed by atoms with Crippen LogP contribution in [0, 0.1) is 12.3 Å². The highest BCUT2D eigenvalue weighted by Gasteiger charge is 2.18. The van der Waals surface area contributed by atoms with Gasteiger partial charge in [-0.2, -0.15) is 0 Å². The minimum absolute atomic E-state index is 0.00789. The van der Waals surface area contributed by atoms with E-state index in [2.05, 4.69) is 44.6 Å². The highest BCUT2D eigenvalue weighted by Crippen LogP contribution is 2.24. The third kappa shape index (κ3) is 4.25. The van der Waals surface area contributed by atoms with Crippen molar-refractivity contribution in [3.63, 3.8) is 0 Å². The van der Waals surface area contributed by atoms with Crippen molar-refractivity contribution in [3.05, 3.63) is 23.4 Å². The van der Waals surface area contributed by atoms with E-state index < -0.39 is 0 Å². The molecule has 0 saturated carbocycles. The zero-order chi connectivity index (χ0) is 14.5. The molecule has 1 aromatic rings. The van der Waals surface area contributed by atoms with E-state index in [9.17, 15) is 0 Å². The predicted octanol–water partition coefficient (Wildman–Crippen LogP) is 2.69. The van der Waals surface area contributed by atoms with Crippen LogP contribution in [0.3, 0.4) is 0 Å². The number of aromatic nitrogens is 1. The van der Waals surface area contributed by atoms with Crippen LogP contribution in [0.2, 0.25) is 0 Å². The molecule has 19 heavy (non-hydrogen) atoms. The summed E-state index contributed by atoms with van der Waals surface area (Å²) in [5, 5.41) is 0. The third-order valence-corrected chi connectivity index (χ3v) is 2.98. The van der Waals surface area contributed by atoms with E-state index in [1.807, 2.05) is 6.07 Å². The average molecular weight is 259 g/mol. The predicted molar refractivity (Wildman–Crippen MR) is 82.2 cm³/mol. The van der Waals surface area contributed by atoms with Crippen LogP contribution in [-0.2, 0) is 12.0 Å². The molecule has 0 aliphatic heterocycles. The van der Waals surface area contributed by atoms with Crippen molar-refractivity contribution >= 4 is 5.82 Å². The normalized spacial score (nSPS) is 11.2. The molecule has 0 bridgehead atoms. The van der Waals surface area contributed by atoms with Gasteiger partial charge in [-0.15, -0.1) is 6.42 Å². The summed E-state index contributed by atoms with van der Waals surface area (Å²) in [6, 6.07) is 4.13. The number of hydrogen-bond donors (Lipinski definition) is 1. The Morgan fingerprint density at radius 1 is 1.37 bits per heavy atom. The Labute approximate surface area is 117 Å². The fraction of sp³-hybridized carbons (Fsp3) is 0.562. The SMILES string of the molecule is C#CCN(CCC)c1cc(CN)cc(C(C)(C)C)n1. The monoisotopic (exact) mass is 259 g/mol. The number of pyridine rings is 1. The van der Waals surface area contributed by atoms with Gasteiger partial charge in [-0.05, 0) is 24.1 Å². The van der Waals surface area contributed by atoms with E-state index in [1.54, 1.807) is 0 Å². The lowest BCUT2D eigenvalue weighted by Crippen LogP contribution is -2.27. The Balaban J connectivity index is 3.22. The molecule has 1 heterocycles. The van der Waals surface area contributed by atoms with Gasteiger partial charge in [0.1, 0.15) is 5.82 Å². The molecule has 0 radical (unpaired) electrons. The molecule has 104 valence electrons. The summed E-state index contributed by atoms with van der Waals surface area (Å²) in [7, 11) is 0. The summed E-state index contributed by atoms with van der Waals surface area (Å²) >= 11 is 0. The van der Waals surface area contributed by atoms with Crippen LogP contribution in [0.5, 0.6) is 0 Å². The van der Waals surface area contributed by atoms with Crippen LogP contribution in [-0.4, -0.2) is 18.1 Å². The van der Waals surface area contributed by atoms with Gasteiger partial charge in [0.25, 0.3) is 0 Å². The van der Waals surface area contributed by atoms with Gasteiger partial charge in [0, 0.05) is 24.2 Å². The molecule has 0 aliphatic carbocycles. The second-order valence-electron chi connectivity index (χ2n) is 5.80. The van der Waals surface area contributed by atoms with E-state index in [0.717, 1.165) is 30.0 Å². The molecular formula is C16H25N3. The molecule has 0 spiro atoms. The molecule has 3 heteroatoms. The van der Waals surface area contributed by atoms with Crippen molar-refractivity contribution in [1.82, 2.24) is 4.98 Å². The molecule has 0 atom stereocenters. The topological polar surface area (TPSA) is 42.1 Å². The van der Waals surface area contributed by atoms with E-state index in [0.29, 0.717) is 13.1 Å². The molecular weight excluding hydrogens is 234 g/mol. The summed E-state index contributed by atoms with van der Waals surface area (Å²) in [5.74, 6) is 3.64. The number of terminal acetylenes is 1. The summed E-state index contributed by atoms with van der Waals surface area (Å²) in [4.78, 5) is 6.90. The lowest BCUT2D eigenvalue weighted by Gasteiger charge is -2.25.